The fourth-order valence-electron chi connectivity index (χ4n) is 1.29. The van der Waals surface area contributed by atoms with Crippen molar-refractivity contribution < 1.29 is 15.2 Å². The molecule has 120 valence electrons. The van der Waals surface area contributed by atoms with Gasteiger partial charge in [0.1, 0.15) is 0 Å². The average Bonchev–Trinajstić information content (AvgIpc) is 2.49. The lowest BCUT2D eigenvalue weighted by Crippen LogP contribution is -2.23. The molecule has 0 atom stereocenters. The number of carbonyl (C=O) groups is 1. The molecule has 0 aliphatic rings. The lowest BCUT2D eigenvalue weighted by Gasteiger charge is -2.11. The van der Waals surface area contributed by atoms with Crippen LogP contribution in [0.3, 0.4) is 0 Å². The second kappa shape index (κ2) is 10.0. The normalized spacial score (nSPS) is 8.95. The van der Waals surface area contributed by atoms with Gasteiger partial charge in [0, 0.05) is 17.0 Å². The van der Waals surface area contributed by atoms with Crippen molar-refractivity contribution in [2.75, 3.05) is 10.5 Å². The van der Waals surface area contributed by atoms with Gasteiger partial charge in [0.25, 0.3) is 0 Å². The minimum atomic E-state index is -0.433. The van der Waals surface area contributed by atoms with Crippen molar-refractivity contribution in [3.63, 3.8) is 0 Å². The zero-order valence-electron chi connectivity index (χ0n) is 11.1. The second-order valence-electron chi connectivity index (χ2n) is 3.93. The van der Waals surface area contributed by atoms with Gasteiger partial charge in [-0.15, -0.1) is 0 Å². The quantitative estimate of drug-likeness (QED) is 0.537. The van der Waals surface area contributed by atoms with E-state index in [9.17, 15) is 4.79 Å². The van der Waals surface area contributed by atoms with Crippen molar-refractivity contribution in [2.45, 2.75) is 14.4 Å². The number of carbonyl (C=O) groups excluding carboxylic acids is 1. The number of rotatable bonds is 2. The fourth-order valence-corrected chi connectivity index (χ4v) is 1.54. The molecule has 0 heterocycles. The number of hydroxylamine groups is 1. The van der Waals surface area contributed by atoms with E-state index in [1.807, 2.05) is 5.48 Å². The van der Waals surface area contributed by atoms with Crippen LogP contribution in [0.2, 0.25) is 10.0 Å². The van der Waals surface area contributed by atoms with Gasteiger partial charge < -0.3 is 0 Å². The van der Waals surface area contributed by atoms with E-state index in [4.69, 9.17) is 33.6 Å². The molecule has 0 aliphatic heterocycles. The SMILES string of the molecule is C.CC(=O)N(O)c1ccc(Cl)cc1.ONc1ccc(Cl)cc1. The van der Waals surface area contributed by atoms with Crippen molar-refractivity contribution in [3.8, 4) is 0 Å². The molecule has 0 spiro atoms. The molecule has 22 heavy (non-hydrogen) atoms. The molecular formula is C15H18Cl2N2O3. The number of amides is 1. The monoisotopic (exact) mass is 344 g/mol. The number of nitrogens with one attached hydrogen (secondary N) is 1. The molecule has 0 bridgehead atoms. The smallest absolute Gasteiger partial charge is 0.247 e. The molecule has 2 rings (SSSR count). The van der Waals surface area contributed by atoms with E-state index >= 15 is 0 Å². The first-order valence-corrected chi connectivity index (χ1v) is 6.60. The number of nitrogens with zero attached hydrogens (tertiary/aromatic N) is 1. The van der Waals surface area contributed by atoms with Gasteiger partial charge in [-0.05, 0) is 48.5 Å². The molecular weight excluding hydrogens is 327 g/mol. The van der Waals surface area contributed by atoms with E-state index < -0.39 is 5.91 Å². The molecule has 5 nitrogen and oxygen atoms in total. The van der Waals surface area contributed by atoms with Crippen LogP contribution in [-0.2, 0) is 4.79 Å². The highest BCUT2D eigenvalue weighted by Gasteiger charge is 2.06. The van der Waals surface area contributed by atoms with Gasteiger partial charge in [-0.25, -0.2) is 0 Å². The largest absolute Gasteiger partial charge is 0.291 e. The predicted octanol–water partition coefficient (Wildman–Crippen LogP) is 4.86. The van der Waals surface area contributed by atoms with Gasteiger partial charge in [-0.1, -0.05) is 30.6 Å². The summed E-state index contributed by atoms with van der Waals surface area (Å²) in [5, 5.41) is 19.3. The topological polar surface area (TPSA) is 72.8 Å². The van der Waals surface area contributed by atoms with E-state index in [0.29, 0.717) is 26.5 Å². The Hall–Kier alpha value is -1.79. The first-order chi connectivity index (χ1) is 9.93. The van der Waals surface area contributed by atoms with Gasteiger partial charge in [0.2, 0.25) is 5.91 Å². The number of hydrogen-bond donors (Lipinski definition) is 3. The lowest BCUT2D eigenvalue weighted by molar-refractivity contribution is -0.121. The molecule has 7 heteroatoms. The van der Waals surface area contributed by atoms with Crippen LogP contribution in [-0.4, -0.2) is 16.3 Å². The van der Waals surface area contributed by atoms with Crippen LogP contribution in [0.4, 0.5) is 11.4 Å². The highest BCUT2D eigenvalue weighted by Crippen LogP contribution is 2.16. The Labute approximate surface area is 139 Å². The molecule has 2 aromatic rings. The number of anilines is 2. The number of hydrogen-bond acceptors (Lipinski definition) is 4. The maximum absolute atomic E-state index is 10.7. The zero-order chi connectivity index (χ0) is 15.8. The minimum Gasteiger partial charge on any atom is -0.291 e. The Bertz CT molecular complexity index is 574. The number of halogens is 2. The van der Waals surface area contributed by atoms with Crippen LogP contribution >= 0.6 is 23.2 Å². The third kappa shape index (κ3) is 6.78. The minimum absolute atomic E-state index is 0. The fraction of sp³-hybridized carbons (Fsp3) is 0.133. The summed E-state index contributed by atoms with van der Waals surface area (Å²) in [6.45, 7) is 1.27. The molecule has 2 aromatic carbocycles. The summed E-state index contributed by atoms with van der Waals surface area (Å²) >= 11 is 11.2. The third-order valence-corrected chi connectivity index (χ3v) is 2.85. The summed E-state index contributed by atoms with van der Waals surface area (Å²) < 4.78 is 0. The number of benzene rings is 2. The van der Waals surface area contributed by atoms with E-state index in [-0.39, 0.29) is 7.43 Å². The molecule has 0 radical (unpaired) electrons. The Morgan fingerprint density at radius 3 is 1.77 bits per heavy atom. The van der Waals surface area contributed by atoms with Crippen molar-refractivity contribution in [1.29, 1.82) is 0 Å². The van der Waals surface area contributed by atoms with E-state index in [1.54, 1.807) is 48.5 Å². The van der Waals surface area contributed by atoms with Gasteiger partial charge in [0.15, 0.2) is 0 Å². The van der Waals surface area contributed by atoms with Crippen LogP contribution in [0.15, 0.2) is 48.5 Å². The molecule has 0 fully saturated rings. The standard InChI is InChI=1S/C8H8ClNO2.C6H6ClNO.CH4/c1-6(11)10(12)8-4-2-7(9)3-5-8;7-5-1-3-6(8-9)4-2-5;/h2-5,12H,1H3;1-4,8-9H;1H4. The van der Waals surface area contributed by atoms with Crippen LogP contribution in [0.1, 0.15) is 14.4 Å². The summed E-state index contributed by atoms with van der Waals surface area (Å²) in [5.41, 5.74) is 3.04. The first kappa shape index (κ1) is 20.2. The molecule has 0 aromatic heterocycles. The van der Waals surface area contributed by atoms with Gasteiger partial charge in [-0.3, -0.25) is 20.7 Å². The van der Waals surface area contributed by atoms with Gasteiger partial charge in [-0.2, -0.15) is 5.06 Å². The molecule has 0 saturated carbocycles. The Morgan fingerprint density at radius 2 is 1.41 bits per heavy atom. The van der Waals surface area contributed by atoms with Gasteiger partial charge in [0.05, 0.1) is 11.4 Å². The molecule has 0 unspecified atom stereocenters. The van der Waals surface area contributed by atoms with Gasteiger partial charge >= 0.3 is 0 Å². The summed E-state index contributed by atoms with van der Waals surface area (Å²) in [6, 6.07) is 13.1. The summed E-state index contributed by atoms with van der Waals surface area (Å²) in [7, 11) is 0. The van der Waals surface area contributed by atoms with Crippen LogP contribution in [0, 0.1) is 0 Å². The van der Waals surface area contributed by atoms with Crippen LogP contribution in [0.5, 0.6) is 0 Å². The maximum Gasteiger partial charge on any atom is 0.247 e. The predicted molar refractivity (Wildman–Crippen MR) is 90.0 cm³/mol. The highest BCUT2D eigenvalue weighted by atomic mass is 35.5. The van der Waals surface area contributed by atoms with Crippen molar-refractivity contribution in [2.24, 2.45) is 0 Å². The van der Waals surface area contributed by atoms with Crippen LogP contribution < -0.4 is 10.5 Å². The van der Waals surface area contributed by atoms with Crippen molar-refractivity contribution >= 4 is 40.5 Å². The van der Waals surface area contributed by atoms with E-state index in [2.05, 4.69) is 0 Å². The summed E-state index contributed by atoms with van der Waals surface area (Å²) in [5.74, 6) is -0.433. The lowest BCUT2D eigenvalue weighted by atomic mass is 10.3. The van der Waals surface area contributed by atoms with Crippen LogP contribution in [0.25, 0.3) is 0 Å². The zero-order valence-corrected chi connectivity index (χ0v) is 12.6. The Balaban J connectivity index is 0.000000397. The first-order valence-electron chi connectivity index (χ1n) is 5.85. The van der Waals surface area contributed by atoms with E-state index in [0.717, 1.165) is 0 Å². The molecule has 0 aliphatic carbocycles. The Morgan fingerprint density at radius 1 is 1.00 bits per heavy atom. The van der Waals surface area contributed by atoms with Crippen molar-refractivity contribution in [3.05, 3.63) is 58.6 Å². The highest BCUT2D eigenvalue weighted by molar-refractivity contribution is 6.30. The van der Waals surface area contributed by atoms with E-state index in [1.165, 1.54) is 6.92 Å². The average molecular weight is 345 g/mol. The molecule has 3 N–H and O–H groups in total. The third-order valence-electron chi connectivity index (χ3n) is 2.34. The summed E-state index contributed by atoms with van der Waals surface area (Å²) in [6.07, 6.45) is 0. The Kier molecular flexibility index (Phi) is 9.21. The second-order valence-corrected chi connectivity index (χ2v) is 4.80. The molecule has 0 saturated heterocycles. The van der Waals surface area contributed by atoms with Crippen molar-refractivity contribution in [1.82, 2.24) is 0 Å². The molecule has 1 amide bonds. The summed E-state index contributed by atoms with van der Waals surface area (Å²) in [4.78, 5) is 10.7. The maximum atomic E-state index is 10.7.